The highest BCUT2D eigenvalue weighted by Crippen LogP contribution is 2.18. The number of ether oxygens (including phenoxy) is 1. The zero-order chi connectivity index (χ0) is 52.2. The number of rotatable bonds is 61. The van der Waals surface area contributed by atoms with Gasteiger partial charge in [-0.15, -0.1) is 0 Å². The van der Waals surface area contributed by atoms with Crippen LogP contribution in [0.1, 0.15) is 361 Å². The summed E-state index contributed by atoms with van der Waals surface area (Å²) in [5.74, 6) is -0.0237. The smallest absolute Gasteiger partial charge is 0.305 e. The molecule has 6 heteroatoms. The molecule has 0 radical (unpaired) electrons. The minimum Gasteiger partial charge on any atom is -0.466 e. The van der Waals surface area contributed by atoms with Crippen molar-refractivity contribution in [2.24, 2.45) is 0 Å². The largest absolute Gasteiger partial charge is 0.466 e. The van der Waals surface area contributed by atoms with Gasteiger partial charge in [-0.2, -0.15) is 0 Å². The Morgan fingerprint density at radius 1 is 0.375 bits per heavy atom. The topological polar surface area (TPSA) is 95.9 Å². The number of esters is 1. The lowest BCUT2D eigenvalue weighted by molar-refractivity contribution is -0.143. The highest BCUT2D eigenvalue weighted by Gasteiger charge is 2.20. The van der Waals surface area contributed by atoms with Gasteiger partial charge < -0.3 is 20.3 Å². The summed E-state index contributed by atoms with van der Waals surface area (Å²) in [6.07, 6.45) is 76.4. The van der Waals surface area contributed by atoms with Crippen LogP contribution in [0.5, 0.6) is 0 Å². The maximum absolute atomic E-state index is 12.4. The summed E-state index contributed by atoms with van der Waals surface area (Å²) >= 11 is 0. The molecule has 0 spiro atoms. The lowest BCUT2D eigenvalue weighted by Gasteiger charge is -2.22. The third kappa shape index (κ3) is 57.6. The Hall–Kier alpha value is -1.66. The number of amides is 1. The SMILES string of the molecule is CCCCCCCCC/C=C\CCCCCCCCCC(=O)OCCCCCCCCCCCCCC/C=C\CCCCCCCCCCCCCC(=O)NC(CO)C(O)CCCCCCCCCCCC. The van der Waals surface area contributed by atoms with Crippen LogP contribution in [0.4, 0.5) is 0 Å². The summed E-state index contributed by atoms with van der Waals surface area (Å²) in [5.41, 5.74) is 0. The molecule has 0 saturated heterocycles. The molecule has 0 aliphatic heterocycles. The fraction of sp³-hybridized carbons (Fsp3) is 0.909. The van der Waals surface area contributed by atoms with Crippen molar-refractivity contribution in [2.45, 2.75) is 373 Å². The number of carbonyl (C=O) groups is 2. The molecule has 0 aromatic heterocycles. The second-order valence-electron chi connectivity index (χ2n) is 22.4. The molecular formula is C66H127NO5. The summed E-state index contributed by atoms with van der Waals surface area (Å²) in [7, 11) is 0. The molecule has 2 unspecified atom stereocenters. The maximum atomic E-state index is 12.4. The van der Waals surface area contributed by atoms with Crippen molar-refractivity contribution in [3.05, 3.63) is 24.3 Å². The van der Waals surface area contributed by atoms with Gasteiger partial charge >= 0.3 is 5.97 Å². The van der Waals surface area contributed by atoms with E-state index in [1.54, 1.807) is 0 Å². The highest BCUT2D eigenvalue weighted by molar-refractivity contribution is 5.76. The van der Waals surface area contributed by atoms with E-state index in [2.05, 4.69) is 43.5 Å². The predicted molar refractivity (Wildman–Crippen MR) is 315 cm³/mol. The Balaban J connectivity index is 3.34. The number of nitrogens with one attached hydrogen (secondary N) is 1. The zero-order valence-electron chi connectivity index (χ0n) is 48.7. The average Bonchev–Trinajstić information content (AvgIpc) is 3.38. The lowest BCUT2D eigenvalue weighted by atomic mass is 10.0. The van der Waals surface area contributed by atoms with E-state index in [4.69, 9.17) is 4.74 Å². The van der Waals surface area contributed by atoms with Gasteiger partial charge in [-0.1, -0.05) is 295 Å². The molecule has 0 saturated carbocycles. The van der Waals surface area contributed by atoms with Gasteiger partial charge in [0.05, 0.1) is 25.4 Å². The van der Waals surface area contributed by atoms with Gasteiger partial charge in [0.25, 0.3) is 0 Å². The second kappa shape index (κ2) is 61.9. The van der Waals surface area contributed by atoms with Gasteiger partial charge in [-0.25, -0.2) is 0 Å². The van der Waals surface area contributed by atoms with Crippen molar-refractivity contribution >= 4 is 11.9 Å². The normalized spacial score (nSPS) is 12.7. The van der Waals surface area contributed by atoms with Crippen molar-refractivity contribution in [3.63, 3.8) is 0 Å². The predicted octanol–water partition coefficient (Wildman–Crippen LogP) is 20.6. The summed E-state index contributed by atoms with van der Waals surface area (Å²) in [6, 6.07) is -0.540. The Morgan fingerprint density at radius 3 is 0.986 bits per heavy atom. The van der Waals surface area contributed by atoms with Crippen LogP contribution < -0.4 is 5.32 Å². The number of unbranched alkanes of at least 4 members (excludes halogenated alkanes) is 46. The van der Waals surface area contributed by atoms with Crippen LogP contribution >= 0.6 is 0 Å². The van der Waals surface area contributed by atoms with Crippen molar-refractivity contribution < 1.29 is 24.5 Å². The van der Waals surface area contributed by atoms with Crippen LogP contribution in [0.15, 0.2) is 24.3 Å². The minimum absolute atomic E-state index is 0.0126. The molecule has 0 bridgehead atoms. The molecular weight excluding hydrogens is 887 g/mol. The quantitative estimate of drug-likeness (QED) is 0.0320. The van der Waals surface area contributed by atoms with Crippen LogP contribution in [0, 0.1) is 0 Å². The summed E-state index contributed by atoms with van der Waals surface area (Å²) < 4.78 is 5.50. The number of carbonyl (C=O) groups excluding carboxylic acids is 2. The van der Waals surface area contributed by atoms with Crippen molar-refractivity contribution in [3.8, 4) is 0 Å². The maximum Gasteiger partial charge on any atom is 0.305 e. The van der Waals surface area contributed by atoms with Crippen LogP contribution in [-0.4, -0.2) is 47.4 Å². The molecule has 0 fully saturated rings. The number of hydrogen-bond acceptors (Lipinski definition) is 5. The van der Waals surface area contributed by atoms with Crippen LogP contribution in [-0.2, 0) is 14.3 Å². The molecule has 2 atom stereocenters. The molecule has 3 N–H and O–H groups in total. The van der Waals surface area contributed by atoms with E-state index in [1.807, 2.05) is 0 Å². The first-order chi connectivity index (χ1) is 35.5. The number of allylic oxidation sites excluding steroid dienone is 4. The third-order valence-corrected chi connectivity index (χ3v) is 15.2. The third-order valence-electron chi connectivity index (χ3n) is 15.2. The Morgan fingerprint density at radius 2 is 0.653 bits per heavy atom. The summed E-state index contributed by atoms with van der Waals surface area (Å²) in [5, 5.41) is 23.2. The molecule has 6 nitrogen and oxygen atoms in total. The van der Waals surface area contributed by atoms with Crippen LogP contribution in [0.2, 0.25) is 0 Å². The highest BCUT2D eigenvalue weighted by atomic mass is 16.5. The first-order valence-electron chi connectivity index (χ1n) is 32.6. The molecule has 0 aromatic rings. The van der Waals surface area contributed by atoms with Crippen molar-refractivity contribution in [2.75, 3.05) is 13.2 Å². The van der Waals surface area contributed by atoms with Gasteiger partial charge in [-0.05, 0) is 77.0 Å². The lowest BCUT2D eigenvalue weighted by Crippen LogP contribution is -2.45. The molecule has 0 aliphatic rings. The van der Waals surface area contributed by atoms with E-state index in [9.17, 15) is 19.8 Å². The standard InChI is InChI=1S/C66H127NO5/c1-3-5-7-9-11-13-15-16-17-18-31-34-37-40-44-48-52-56-60-66(71)72-61-57-53-49-45-41-38-35-32-29-27-25-23-21-19-20-22-24-26-28-30-33-36-39-43-47-51-55-59-65(70)67-63(62-68)64(69)58-54-50-46-42-14-12-10-8-6-4-2/h17-20,63-64,68-69H,3-16,21-62H2,1-2H3,(H,67,70)/b18-17-,20-19-. The molecule has 426 valence electrons. The molecule has 0 heterocycles. The second-order valence-corrected chi connectivity index (χ2v) is 22.4. The van der Waals surface area contributed by atoms with E-state index in [1.165, 1.54) is 283 Å². The van der Waals surface area contributed by atoms with Gasteiger partial charge in [0, 0.05) is 12.8 Å². The Kier molecular flexibility index (Phi) is 60.5. The number of aliphatic hydroxyl groups is 2. The van der Waals surface area contributed by atoms with Crippen molar-refractivity contribution in [1.82, 2.24) is 5.32 Å². The fourth-order valence-electron chi connectivity index (χ4n) is 10.2. The van der Waals surface area contributed by atoms with E-state index in [0.717, 1.165) is 44.9 Å². The molecule has 0 rings (SSSR count). The fourth-order valence-corrected chi connectivity index (χ4v) is 10.2. The van der Waals surface area contributed by atoms with Crippen molar-refractivity contribution in [1.29, 1.82) is 0 Å². The van der Waals surface area contributed by atoms with Gasteiger partial charge in [-0.3, -0.25) is 9.59 Å². The van der Waals surface area contributed by atoms with Gasteiger partial charge in [0.15, 0.2) is 0 Å². The Labute approximate surface area is 450 Å². The minimum atomic E-state index is -0.662. The monoisotopic (exact) mass is 1010 g/mol. The number of aliphatic hydroxyl groups excluding tert-OH is 2. The first kappa shape index (κ1) is 70.3. The summed E-state index contributed by atoms with van der Waals surface area (Å²) in [4.78, 5) is 24.5. The van der Waals surface area contributed by atoms with E-state index >= 15 is 0 Å². The Bertz CT molecular complexity index is 1120. The molecule has 0 aliphatic carbocycles. The zero-order valence-corrected chi connectivity index (χ0v) is 48.7. The van der Waals surface area contributed by atoms with E-state index < -0.39 is 12.1 Å². The van der Waals surface area contributed by atoms with Gasteiger partial charge in [0.1, 0.15) is 0 Å². The average molecular weight is 1010 g/mol. The first-order valence-corrected chi connectivity index (χ1v) is 32.6. The van der Waals surface area contributed by atoms with E-state index in [0.29, 0.717) is 25.9 Å². The molecule has 72 heavy (non-hydrogen) atoms. The van der Waals surface area contributed by atoms with Crippen LogP contribution in [0.25, 0.3) is 0 Å². The van der Waals surface area contributed by atoms with Crippen LogP contribution in [0.3, 0.4) is 0 Å². The molecule has 0 aromatic carbocycles. The van der Waals surface area contributed by atoms with Gasteiger partial charge in [0.2, 0.25) is 5.91 Å². The summed E-state index contributed by atoms with van der Waals surface area (Å²) in [6.45, 7) is 4.95. The number of hydrogen-bond donors (Lipinski definition) is 3. The van der Waals surface area contributed by atoms with E-state index in [-0.39, 0.29) is 18.5 Å². The molecule has 1 amide bonds.